The number of carbonyl (C=O) groups excluding carboxylic acids is 1. The molecule has 5 nitrogen and oxygen atoms in total. The van der Waals surface area contributed by atoms with Crippen molar-refractivity contribution in [2.24, 2.45) is 0 Å². The number of benzene rings is 2. The van der Waals surface area contributed by atoms with Crippen molar-refractivity contribution in [3.05, 3.63) is 83.0 Å². The molecule has 0 aliphatic carbocycles. The minimum Gasteiger partial charge on any atom is -0.453 e. The van der Waals surface area contributed by atoms with Gasteiger partial charge in [-0.05, 0) is 52.4 Å². The third kappa shape index (κ3) is 4.87. The molecule has 3 rings (SSSR count). The van der Waals surface area contributed by atoms with E-state index in [0.717, 1.165) is 4.47 Å². The van der Waals surface area contributed by atoms with Gasteiger partial charge in [0.05, 0.1) is 0 Å². The van der Waals surface area contributed by atoms with Gasteiger partial charge in [0.15, 0.2) is 16.7 Å². The maximum atomic E-state index is 12.2. The summed E-state index contributed by atoms with van der Waals surface area (Å²) in [5, 5.41) is 5.66. The number of nitrogens with one attached hydrogen (secondary N) is 2. The number of thiocarbonyl (C=S) groups is 1. The van der Waals surface area contributed by atoms with Crippen LogP contribution in [0.2, 0.25) is 0 Å². The minimum atomic E-state index is -0.300. The Balaban J connectivity index is 1.73. The van der Waals surface area contributed by atoms with Crippen molar-refractivity contribution in [2.75, 3.05) is 5.32 Å². The number of pyridine rings is 1. The fourth-order valence-corrected chi connectivity index (χ4v) is 2.61. The zero-order chi connectivity index (χ0) is 18.4. The number of ether oxygens (including phenoxy) is 1. The molecule has 2 N–H and O–H groups in total. The molecule has 7 heteroatoms. The number of hydrogen-bond donors (Lipinski definition) is 2. The van der Waals surface area contributed by atoms with E-state index >= 15 is 0 Å². The monoisotopic (exact) mass is 427 g/mol. The molecule has 1 amide bonds. The van der Waals surface area contributed by atoms with Crippen LogP contribution in [0.3, 0.4) is 0 Å². The van der Waals surface area contributed by atoms with Crippen LogP contribution in [-0.2, 0) is 0 Å². The van der Waals surface area contributed by atoms with Gasteiger partial charge in [0.25, 0.3) is 5.91 Å². The molecule has 1 aromatic heterocycles. The van der Waals surface area contributed by atoms with Crippen LogP contribution in [0.4, 0.5) is 5.82 Å². The van der Waals surface area contributed by atoms with Gasteiger partial charge in [-0.3, -0.25) is 10.1 Å². The van der Waals surface area contributed by atoms with Gasteiger partial charge in [-0.15, -0.1) is 0 Å². The first-order valence-corrected chi connectivity index (χ1v) is 8.88. The molecule has 0 bridgehead atoms. The van der Waals surface area contributed by atoms with Crippen molar-refractivity contribution < 1.29 is 9.53 Å². The Morgan fingerprint density at radius 3 is 2.38 bits per heavy atom. The fourth-order valence-electron chi connectivity index (χ4n) is 2.11. The Labute approximate surface area is 164 Å². The number of amides is 1. The lowest BCUT2D eigenvalue weighted by Gasteiger charge is -2.13. The maximum absolute atomic E-state index is 12.2. The molecule has 1 heterocycles. The van der Waals surface area contributed by atoms with E-state index in [9.17, 15) is 4.79 Å². The Hall–Kier alpha value is -2.77. The molecule has 0 unspecified atom stereocenters. The van der Waals surface area contributed by atoms with Gasteiger partial charge in [0, 0.05) is 22.3 Å². The summed E-state index contributed by atoms with van der Waals surface area (Å²) in [5.74, 6) is 1.23. The number of carbonyl (C=O) groups is 1. The quantitative estimate of drug-likeness (QED) is 0.587. The first kappa shape index (κ1) is 18.0. The van der Waals surface area contributed by atoms with E-state index in [1.807, 2.05) is 36.4 Å². The second-order valence-corrected chi connectivity index (χ2v) is 6.51. The second kappa shape index (κ2) is 8.55. The molecule has 130 valence electrons. The van der Waals surface area contributed by atoms with Crippen LogP contribution in [0.1, 0.15) is 10.4 Å². The van der Waals surface area contributed by atoms with Crippen LogP contribution in [0.25, 0.3) is 0 Å². The molecular formula is C19H14BrN3O2S. The summed E-state index contributed by atoms with van der Waals surface area (Å²) >= 11 is 8.59. The summed E-state index contributed by atoms with van der Waals surface area (Å²) in [6.45, 7) is 0. The topological polar surface area (TPSA) is 63.2 Å². The summed E-state index contributed by atoms with van der Waals surface area (Å²) < 4.78 is 6.61. The molecule has 26 heavy (non-hydrogen) atoms. The van der Waals surface area contributed by atoms with E-state index < -0.39 is 0 Å². The molecule has 3 aromatic rings. The molecule has 0 fully saturated rings. The summed E-state index contributed by atoms with van der Waals surface area (Å²) in [7, 11) is 0. The van der Waals surface area contributed by atoms with Gasteiger partial charge in [-0.2, -0.15) is 0 Å². The molecule has 0 saturated carbocycles. The third-order valence-electron chi connectivity index (χ3n) is 3.29. The molecule has 2 aromatic carbocycles. The standard InChI is InChI=1S/C19H14BrN3O2S/c20-14-11-16(25-15-9-5-2-6-10-15)17(21-12-14)22-19(26)23-18(24)13-7-3-1-4-8-13/h1-12H,(H2,21,22,23,24,26). The van der Waals surface area contributed by atoms with Crippen LogP contribution in [0.15, 0.2) is 77.4 Å². The van der Waals surface area contributed by atoms with Crippen LogP contribution in [-0.4, -0.2) is 16.0 Å². The summed E-state index contributed by atoms with van der Waals surface area (Å²) in [4.78, 5) is 16.5. The van der Waals surface area contributed by atoms with Gasteiger partial charge < -0.3 is 10.1 Å². The highest BCUT2D eigenvalue weighted by atomic mass is 79.9. The molecule has 0 aliphatic rings. The van der Waals surface area contributed by atoms with Gasteiger partial charge >= 0.3 is 0 Å². The van der Waals surface area contributed by atoms with E-state index in [1.165, 1.54) is 0 Å². The maximum Gasteiger partial charge on any atom is 0.257 e. The van der Waals surface area contributed by atoms with Crippen molar-refractivity contribution in [2.45, 2.75) is 0 Å². The number of halogens is 1. The van der Waals surface area contributed by atoms with E-state index in [4.69, 9.17) is 17.0 Å². The van der Waals surface area contributed by atoms with Gasteiger partial charge in [-0.25, -0.2) is 4.98 Å². The summed E-state index contributed by atoms with van der Waals surface area (Å²) in [6, 6.07) is 19.9. The highest BCUT2D eigenvalue weighted by Gasteiger charge is 2.12. The number of hydrogen-bond acceptors (Lipinski definition) is 4. The third-order valence-corrected chi connectivity index (χ3v) is 3.92. The number of anilines is 1. The molecule has 0 radical (unpaired) electrons. The average molecular weight is 428 g/mol. The van der Waals surface area contributed by atoms with E-state index in [0.29, 0.717) is 22.9 Å². The zero-order valence-corrected chi connectivity index (χ0v) is 15.9. The number of nitrogens with zero attached hydrogens (tertiary/aromatic N) is 1. The number of para-hydroxylation sites is 1. The summed E-state index contributed by atoms with van der Waals surface area (Å²) in [6.07, 6.45) is 1.61. The lowest BCUT2D eigenvalue weighted by molar-refractivity contribution is 0.0977. The molecule has 0 aliphatic heterocycles. The number of rotatable bonds is 4. The van der Waals surface area contributed by atoms with Crippen LogP contribution < -0.4 is 15.4 Å². The van der Waals surface area contributed by atoms with Crippen LogP contribution in [0, 0.1) is 0 Å². The zero-order valence-electron chi connectivity index (χ0n) is 13.5. The van der Waals surface area contributed by atoms with Crippen molar-refractivity contribution in [1.29, 1.82) is 0 Å². The highest BCUT2D eigenvalue weighted by Crippen LogP contribution is 2.30. The largest absolute Gasteiger partial charge is 0.453 e. The molecular weight excluding hydrogens is 414 g/mol. The number of aromatic nitrogens is 1. The normalized spacial score (nSPS) is 10.0. The van der Waals surface area contributed by atoms with Crippen molar-refractivity contribution in [3.63, 3.8) is 0 Å². The first-order valence-electron chi connectivity index (χ1n) is 7.67. The molecule has 0 spiro atoms. The SMILES string of the molecule is O=C(NC(=S)Nc1ncc(Br)cc1Oc1ccccc1)c1ccccc1. The Morgan fingerprint density at radius 2 is 1.69 bits per heavy atom. The minimum absolute atomic E-state index is 0.131. The van der Waals surface area contributed by atoms with E-state index in [2.05, 4.69) is 31.5 Å². The van der Waals surface area contributed by atoms with Crippen LogP contribution >= 0.6 is 28.1 Å². The lowest BCUT2D eigenvalue weighted by Crippen LogP contribution is -2.34. The molecule has 0 atom stereocenters. The Kier molecular flexibility index (Phi) is 5.93. The Bertz CT molecular complexity index is 921. The van der Waals surface area contributed by atoms with E-state index in [1.54, 1.807) is 36.5 Å². The van der Waals surface area contributed by atoms with Gasteiger partial charge in [0.2, 0.25) is 0 Å². The predicted octanol–water partition coefficient (Wildman–Crippen LogP) is 4.76. The second-order valence-electron chi connectivity index (χ2n) is 5.19. The van der Waals surface area contributed by atoms with Crippen molar-refractivity contribution >= 4 is 45.0 Å². The van der Waals surface area contributed by atoms with Crippen molar-refractivity contribution in [3.8, 4) is 11.5 Å². The van der Waals surface area contributed by atoms with Gasteiger partial charge in [-0.1, -0.05) is 36.4 Å². The smallest absolute Gasteiger partial charge is 0.257 e. The predicted molar refractivity (Wildman–Crippen MR) is 109 cm³/mol. The van der Waals surface area contributed by atoms with Crippen LogP contribution in [0.5, 0.6) is 11.5 Å². The average Bonchev–Trinajstić information content (AvgIpc) is 2.65. The Morgan fingerprint density at radius 1 is 1.04 bits per heavy atom. The molecule has 0 saturated heterocycles. The van der Waals surface area contributed by atoms with E-state index in [-0.39, 0.29) is 11.0 Å². The first-order chi connectivity index (χ1) is 12.6. The highest BCUT2D eigenvalue weighted by molar-refractivity contribution is 9.10. The summed E-state index contributed by atoms with van der Waals surface area (Å²) in [5.41, 5.74) is 0.515. The van der Waals surface area contributed by atoms with Crippen molar-refractivity contribution in [1.82, 2.24) is 10.3 Å². The fraction of sp³-hybridized carbons (Fsp3) is 0. The lowest BCUT2D eigenvalue weighted by atomic mass is 10.2. The van der Waals surface area contributed by atoms with Gasteiger partial charge in [0.1, 0.15) is 5.75 Å².